The lowest BCUT2D eigenvalue weighted by atomic mass is 10.2. The fourth-order valence-electron chi connectivity index (χ4n) is 3.18. The summed E-state index contributed by atoms with van der Waals surface area (Å²) in [4.78, 5) is 32.3. The highest BCUT2D eigenvalue weighted by Gasteiger charge is 2.29. The molecule has 7 nitrogen and oxygen atoms in total. The number of carbonyl (C=O) groups is 1. The molecule has 2 aromatic heterocycles. The number of anilines is 1. The third kappa shape index (κ3) is 4.06. The first-order valence-corrected chi connectivity index (χ1v) is 10.7. The Morgan fingerprint density at radius 1 is 1.23 bits per heavy atom. The summed E-state index contributed by atoms with van der Waals surface area (Å²) in [6.45, 7) is 2.35. The van der Waals surface area contributed by atoms with Gasteiger partial charge >= 0.3 is 0 Å². The number of hydrogen-bond donors (Lipinski definition) is 1. The molecule has 0 atom stereocenters. The van der Waals surface area contributed by atoms with Crippen LogP contribution in [-0.4, -0.2) is 38.7 Å². The van der Waals surface area contributed by atoms with Crippen LogP contribution in [0.4, 0.5) is 5.82 Å². The van der Waals surface area contributed by atoms with E-state index < -0.39 is 0 Å². The zero-order valence-electron chi connectivity index (χ0n) is 17.2. The van der Waals surface area contributed by atoms with Crippen molar-refractivity contribution in [1.29, 1.82) is 0 Å². The number of aryl methyl sites for hydroxylation is 1. The van der Waals surface area contributed by atoms with E-state index >= 15 is 0 Å². The maximum atomic E-state index is 13.3. The molecule has 9 heteroatoms. The minimum atomic E-state index is -0.257. The number of aromatic nitrogens is 2. The van der Waals surface area contributed by atoms with Crippen molar-refractivity contribution in [2.75, 3.05) is 19.5 Å². The Morgan fingerprint density at radius 2 is 1.97 bits per heavy atom. The van der Waals surface area contributed by atoms with Crippen LogP contribution in [0.15, 0.2) is 52.3 Å². The van der Waals surface area contributed by atoms with Crippen molar-refractivity contribution in [1.82, 2.24) is 14.3 Å². The monoisotopic (exact) mass is 452 g/mol. The van der Waals surface area contributed by atoms with Gasteiger partial charge in [-0.2, -0.15) is 0 Å². The van der Waals surface area contributed by atoms with Crippen molar-refractivity contribution in [2.24, 2.45) is 0 Å². The average molecular weight is 453 g/mol. The number of nitrogens with one attached hydrogen (secondary N) is 1. The van der Waals surface area contributed by atoms with Crippen LogP contribution in [0, 0.1) is 6.92 Å². The molecule has 1 aliphatic rings. The van der Waals surface area contributed by atoms with E-state index in [0.717, 1.165) is 16.9 Å². The first-order chi connectivity index (χ1) is 14.9. The number of thiocarbonyl (C=S) groups is 1. The number of pyridine rings is 1. The molecule has 1 saturated heterocycles. The third-order valence-corrected chi connectivity index (χ3v) is 6.45. The van der Waals surface area contributed by atoms with E-state index in [4.69, 9.17) is 21.9 Å². The number of nitrogens with zero attached hydrogens (tertiary/aromatic N) is 3. The van der Waals surface area contributed by atoms with Crippen molar-refractivity contribution < 1.29 is 9.53 Å². The largest absolute Gasteiger partial charge is 0.497 e. The van der Waals surface area contributed by atoms with Gasteiger partial charge in [0, 0.05) is 19.8 Å². The third-order valence-electron chi connectivity index (χ3n) is 4.97. The Kier molecular flexibility index (Phi) is 5.79. The molecule has 0 spiro atoms. The van der Waals surface area contributed by atoms with Crippen LogP contribution in [0.3, 0.4) is 0 Å². The molecule has 3 heterocycles. The number of thioether (sulfide) groups is 1. The molecular formula is C22H20N4O3S2. The molecule has 158 valence electrons. The lowest BCUT2D eigenvalue weighted by Crippen LogP contribution is -2.23. The van der Waals surface area contributed by atoms with Crippen molar-refractivity contribution in [3.8, 4) is 5.75 Å². The lowest BCUT2D eigenvalue weighted by Gasteiger charge is -2.12. The van der Waals surface area contributed by atoms with E-state index in [1.54, 1.807) is 32.5 Å². The maximum Gasteiger partial charge on any atom is 0.267 e. The SMILES string of the molecule is COc1ccc(CNc2nc3c(C)cccn3c(=O)c2/C=C2/SC(=S)N(C)C2=O)cc1. The molecule has 0 saturated carbocycles. The van der Waals surface area contributed by atoms with Crippen LogP contribution in [0.5, 0.6) is 5.75 Å². The van der Waals surface area contributed by atoms with E-state index in [-0.39, 0.29) is 11.5 Å². The van der Waals surface area contributed by atoms with Crippen LogP contribution in [0.2, 0.25) is 0 Å². The molecule has 1 fully saturated rings. The Balaban J connectivity index is 1.79. The van der Waals surface area contributed by atoms with E-state index in [9.17, 15) is 9.59 Å². The molecule has 1 amide bonds. The van der Waals surface area contributed by atoms with Gasteiger partial charge in [0.25, 0.3) is 11.5 Å². The van der Waals surface area contributed by atoms with Crippen LogP contribution >= 0.6 is 24.0 Å². The molecule has 1 aromatic carbocycles. The second-order valence-electron chi connectivity index (χ2n) is 7.01. The predicted molar refractivity (Wildman–Crippen MR) is 127 cm³/mol. The Morgan fingerprint density at radius 3 is 2.61 bits per heavy atom. The van der Waals surface area contributed by atoms with Gasteiger partial charge in [0.05, 0.1) is 17.6 Å². The number of carbonyl (C=O) groups excluding carboxylic acids is 1. The fraction of sp³-hybridized carbons (Fsp3) is 0.182. The van der Waals surface area contributed by atoms with Crippen molar-refractivity contribution >= 4 is 51.7 Å². The zero-order valence-corrected chi connectivity index (χ0v) is 18.8. The first kappa shape index (κ1) is 21.1. The summed E-state index contributed by atoms with van der Waals surface area (Å²) < 4.78 is 7.14. The Labute approximate surface area is 188 Å². The summed E-state index contributed by atoms with van der Waals surface area (Å²) >= 11 is 6.38. The first-order valence-electron chi connectivity index (χ1n) is 9.49. The minimum Gasteiger partial charge on any atom is -0.497 e. The van der Waals surface area contributed by atoms with Gasteiger partial charge in [0.15, 0.2) is 0 Å². The molecule has 4 rings (SSSR count). The summed E-state index contributed by atoms with van der Waals surface area (Å²) in [6, 6.07) is 11.3. The highest BCUT2D eigenvalue weighted by atomic mass is 32.2. The van der Waals surface area contributed by atoms with Gasteiger partial charge in [-0.05, 0) is 42.3 Å². The van der Waals surface area contributed by atoms with E-state index in [2.05, 4.69) is 5.32 Å². The lowest BCUT2D eigenvalue weighted by molar-refractivity contribution is -0.121. The summed E-state index contributed by atoms with van der Waals surface area (Å²) in [5.41, 5.74) is 2.49. The smallest absolute Gasteiger partial charge is 0.267 e. The zero-order chi connectivity index (χ0) is 22.1. The number of amides is 1. The number of hydrogen-bond acceptors (Lipinski definition) is 7. The highest BCUT2D eigenvalue weighted by Crippen LogP contribution is 2.32. The van der Waals surface area contributed by atoms with Crippen molar-refractivity contribution in [3.05, 3.63) is 74.5 Å². The van der Waals surface area contributed by atoms with Gasteiger partial charge in [-0.1, -0.05) is 42.2 Å². The molecule has 31 heavy (non-hydrogen) atoms. The number of methoxy groups -OCH3 is 1. The van der Waals surface area contributed by atoms with E-state index in [1.807, 2.05) is 37.3 Å². The van der Waals surface area contributed by atoms with E-state index in [1.165, 1.54) is 21.1 Å². The Bertz CT molecular complexity index is 1280. The number of likely N-dealkylation sites (N-methyl/N-ethyl adjacent to an activating group) is 1. The molecule has 1 N–H and O–H groups in total. The minimum absolute atomic E-state index is 0.232. The molecule has 0 bridgehead atoms. The summed E-state index contributed by atoms with van der Waals surface area (Å²) in [5.74, 6) is 0.949. The molecular weight excluding hydrogens is 432 g/mol. The van der Waals surface area contributed by atoms with Gasteiger partial charge in [0.2, 0.25) is 0 Å². The molecule has 0 radical (unpaired) electrons. The number of benzene rings is 1. The van der Waals surface area contributed by atoms with Crippen molar-refractivity contribution in [2.45, 2.75) is 13.5 Å². The number of rotatable bonds is 5. The fourth-order valence-corrected chi connectivity index (χ4v) is 4.34. The van der Waals surface area contributed by atoms with Crippen LogP contribution in [0.25, 0.3) is 11.7 Å². The van der Waals surface area contributed by atoms with Gasteiger partial charge in [-0.15, -0.1) is 0 Å². The maximum absolute atomic E-state index is 13.3. The number of ether oxygens (including phenoxy) is 1. The summed E-state index contributed by atoms with van der Waals surface area (Å²) in [7, 11) is 3.24. The van der Waals surface area contributed by atoms with Gasteiger partial charge < -0.3 is 10.1 Å². The van der Waals surface area contributed by atoms with Gasteiger partial charge in [-0.3, -0.25) is 18.9 Å². The second-order valence-corrected chi connectivity index (χ2v) is 8.68. The predicted octanol–water partition coefficient (Wildman–Crippen LogP) is 3.45. The quantitative estimate of drug-likeness (QED) is 0.469. The average Bonchev–Trinajstić information content (AvgIpc) is 3.02. The molecule has 1 aliphatic heterocycles. The summed E-state index contributed by atoms with van der Waals surface area (Å²) in [5, 5.41) is 3.26. The topological polar surface area (TPSA) is 75.9 Å². The van der Waals surface area contributed by atoms with Crippen LogP contribution < -0.4 is 15.6 Å². The van der Waals surface area contributed by atoms with E-state index in [0.29, 0.717) is 32.8 Å². The van der Waals surface area contributed by atoms with Crippen molar-refractivity contribution in [3.63, 3.8) is 0 Å². The normalized spacial score (nSPS) is 15.2. The van der Waals surface area contributed by atoms with Crippen LogP contribution in [0.1, 0.15) is 16.7 Å². The van der Waals surface area contributed by atoms with Crippen LogP contribution in [-0.2, 0) is 11.3 Å². The molecule has 0 aliphatic carbocycles. The summed E-state index contributed by atoms with van der Waals surface area (Å²) in [6.07, 6.45) is 3.25. The van der Waals surface area contributed by atoms with Gasteiger partial charge in [-0.25, -0.2) is 4.98 Å². The van der Waals surface area contributed by atoms with Gasteiger partial charge in [0.1, 0.15) is 21.5 Å². The second kappa shape index (κ2) is 8.52. The Hall–Kier alpha value is -3.17. The molecule has 3 aromatic rings. The number of fused-ring (bicyclic) bond motifs is 1. The highest BCUT2D eigenvalue weighted by molar-refractivity contribution is 8.26. The molecule has 0 unspecified atom stereocenters. The standard InChI is InChI=1S/C22H20N4O3S2/c1-13-5-4-10-26-19(13)24-18(23-12-14-6-8-15(29-3)9-7-14)16(20(26)27)11-17-21(28)25(2)22(30)31-17/h4-11,23H,12H2,1-3H3/b17-11+.